The average molecular weight is 305 g/mol. The molecule has 0 aliphatic carbocycles. The Hall–Kier alpha value is -0.840. The fourth-order valence-electron chi connectivity index (χ4n) is 1.87. The van der Waals surface area contributed by atoms with E-state index in [1.807, 2.05) is 13.8 Å². The third-order valence-electron chi connectivity index (χ3n) is 2.54. The van der Waals surface area contributed by atoms with Crippen LogP contribution in [0.4, 0.5) is 0 Å². The lowest BCUT2D eigenvalue weighted by molar-refractivity contribution is 0.0368. The van der Waals surface area contributed by atoms with Gasteiger partial charge in [-0.1, -0.05) is 37.0 Å². The second-order valence-corrected chi connectivity index (χ2v) is 6.04. The van der Waals surface area contributed by atoms with Gasteiger partial charge in [-0.05, 0) is 25.3 Å². The number of amides is 1. The summed E-state index contributed by atoms with van der Waals surface area (Å²) < 4.78 is 0. The highest BCUT2D eigenvalue weighted by Gasteiger charge is 2.23. The summed E-state index contributed by atoms with van der Waals surface area (Å²) in [5.41, 5.74) is -0.622. The molecule has 0 aliphatic heterocycles. The molecule has 1 heterocycles. The van der Waals surface area contributed by atoms with Gasteiger partial charge in [0.15, 0.2) is 0 Å². The van der Waals surface area contributed by atoms with Crippen molar-refractivity contribution in [3.05, 3.63) is 28.0 Å². The summed E-state index contributed by atoms with van der Waals surface area (Å²) in [6.45, 7) is 5.89. The molecule has 1 atom stereocenters. The number of halogens is 2. The fourth-order valence-corrected chi connectivity index (χ4v) is 2.14. The van der Waals surface area contributed by atoms with Crippen LogP contribution in [-0.2, 0) is 0 Å². The number of hydrogen-bond acceptors (Lipinski definition) is 3. The van der Waals surface area contributed by atoms with Crippen LogP contribution in [0.2, 0.25) is 10.2 Å². The minimum Gasteiger partial charge on any atom is -0.388 e. The summed E-state index contributed by atoms with van der Waals surface area (Å²) >= 11 is 11.5. The van der Waals surface area contributed by atoms with E-state index in [0.29, 0.717) is 17.9 Å². The number of carbonyl (C=O) groups excluding carboxylic acids is 1. The van der Waals surface area contributed by atoms with Crippen molar-refractivity contribution in [1.29, 1.82) is 0 Å². The Bertz CT molecular complexity index is 462. The molecule has 0 saturated heterocycles. The molecule has 1 unspecified atom stereocenters. The summed E-state index contributed by atoms with van der Waals surface area (Å²) in [5.74, 6) is 0.00800. The van der Waals surface area contributed by atoms with E-state index in [4.69, 9.17) is 23.2 Å². The van der Waals surface area contributed by atoms with Gasteiger partial charge in [0.1, 0.15) is 5.15 Å². The number of pyridine rings is 1. The molecule has 19 heavy (non-hydrogen) atoms. The first kappa shape index (κ1) is 16.2. The van der Waals surface area contributed by atoms with Crippen LogP contribution in [0.25, 0.3) is 0 Å². The van der Waals surface area contributed by atoms with Crippen LogP contribution < -0.4 is 5.32 Å². The molecule has 0 saturated carbocycles. The van der Waals surface area contributed by atoms with Crippen LogP contribution in [0.15, 0.2) is 12.3 Å². The van der Waals surface area contributed by atoms with Crippen LogP contribution in [0, 0.1) is 5.92 Å². The van der Waals surface area contributed by atoms with Gasteiger partial charge >= 0.3 is 0 Å². The highest BCUT2D eigenvalue weighted by atomic mass is 35.5. The van der Waals surface area contributed by atoms with E-state index < -0.39 is 5.60 Å². The van der Waals surface area contributed by atoms with Crippen molar-refractivity contribution in [2.24, 2.45) is 5.92 Å². The normalized spacial score (nSPS) is 14.3. The molecule has 106 valence electrons. The average Bonchev–Trinajstić information content (AvgIpc) is 2.28. The molecule has 6 heteroatoms. The SMILES string of the molecule is CC(C)CC(C)(O)CNC(=O)c1cnc(Cl)c(Cl)c1. The Morgan fingerprint density at radius 3 is 2.68 bits per heavy atom. The molecule has 2 N–H and O–H groups in total. The van der Waals surface area contributed by atoms with E-state index in [2.05, 4.69) is 10.3 Å². The van der Waals surface area contributed by atoms with Crippen molar-refractivity contribution in [1.82, 2.24) is 10.3 Å². The zero-order valence-electron chi connectivity index (χ0n) is 11.2. The minimum absolute atomic E-state index is 0.157. The van der Waals surface area contributed by atoms with E-state index in [9.17, 15) is 9.90 Å². The van der Waals surface area contributed by atoms with E-state index in [-0.39, 0.29) is 22.6 Å². The van der Waals surface area contributed by atoms with E-state index in [1.165, 1.54) is 12.3 Å². The Labute approximate surface area is 123 Å². The third kappa shape index (κ3) is 5.35. The summed E-state index contributed by atoms with van der Waals surface area (Å²) in [4.78, 5) is 15.7. The summed E-state index contributed by atoms with van der Waals surface area (Å²) in [5, 5.41) is 13.1. The number of aromatic nitrogens is 1. The lowest BCUT2D eigenvalue weighted by Gasteiger charge is -2.25. The standard InChI is InChI=1S/C13H18Cl2N2O2/c1-8(2)5-13(3,19)7-17-12(18)9-4-10(14)11(15)16-6-9/h4,6,8,19H,5,7H2,1-3H3,(H,17,18). The number of rotatable bonds is 5. The van der Waals surface area contributed by atoms with E-state index >= 15 is 0 Å². The lowest BCUT2D eigenvalue weighted by Crippen LogP contribution is -2.41. The monoisotopic (exact) mass is 304 g/mol. The molecule has 0 aliphatic rings. The highest BCUT2D eigenvalue weighted by molar-refractivity contribution is 6.41. The smallest absolute Gasteiger partial charge is 0.253 e. The molecule has 4 nitrogen and oxygen atoms in total. The Morgan fingerprint density at radius 2 is 2.16 bits per heavy atom. The third-order valence-corrected chi connectivity index (χ3v) is 3.22. The maximum absolute atomic E-state index is 11.9. The maximum atomic E-state index is 11.9. The predicted octanol–water partition coefficient (Wildman–Crippen LogP) is 2.92. The molecule has 1 amide bonds. The van der Waals surface area contributed by atoms with Crippen LogP contribution in [-0.4, -0.2) is 28.1 Å². The summed E-state index contributed by atoms with van der Waals surface area (Å²) in [6, 6.07) is 1.45. The van der Waals surface area contributed by atoms with Gasteiger partial charge < -0.3 is 10.4 Å². The van der Waals surface area contributed by atoms with Gasteiger partial charge in [0.05, 0.1) is 16.2 Å². The molecule has 0 spiro atoms. The van der Waals surface area contributed by atoms with Crippen molar-refractivity contribution >= 4 is 29.1 Å². The van der Waals surface area contributed by atoms with Crippen molar-refractivity contribution < 1.29 is 9.90 Å². The van der Waals surface area contributed by atoms with Gasteiger partial charge in [0.25, 0.3) is 5.91 Å². The Morgan fingerprint density at radius 1 is 1.53 bits per heavy atom. The van der Waals surface area contributed by atoms with E-state index in [1.54, 1.807) is 6.92 Å². The number of hydrogen-bond donors (Lipinski definition) is 2. The molecular formula is C13H18Cl2N2O2. The molecule has 0 fully saturated rings. The zero-order chi connectivity index (χ0) is 14.6. The molecule has 0 bridgehead atoms. The second kappa shape index (κ2) is 6.55. The second-order valence-electron chi connectivity index (χ2n) is 5.27. The van der Waals surface area contributed by atoms with Gasteiger partial charge in [0, 0.05) is 12.7 Å². The van der Waals surface area contributed by atoms with Crippen molar-refractivity contribution in [3.63, 3.8) is 0 Å². The predicted molar refractivity (Wildman–Crippen MR) is 76.7 cm³/mol. The number of aliphatic hydroxyl groups is 1. The summed E-state index contributed by atoms with van der Waals surface area (Å²) in [7, 11) is 0. The lowest BCUT2D eigenvalue weighted by atomic mass is 9.94. The van der Waals surface area contributed by atoms with Crippen LogP contribution >= 0.6 is 23.2 Å². The van der Waals surface area contributed by atoms with Crippen molar-refractivity contribution in [2.75, 3.05) is 6.54 Å². The van der Waals surface area contributed by atoms with Gasteiger partial charge in [-0.3, -0.25) is 4.79 Å². The fraction of sp³-hybridized carbons (Fsp3) is 0.538. The number of carbonyl (C=O) groups is 1. The zero-order valence-corrected chi connectivity index (χ0v) is 12.7. The molecule has 1 aromatic rings. The van der Waals surface area contributed by atoms with Gasteiger partial charge in [-0.2, -0.15) is 0 Å². The van der Waals surface area contributed by atoms with Crippen molar-refractivity contribution in [2.45, 2.75) is 32.8 Å². The van der Waals surface area contributed by atoms with Crippen LogP contribution in [0.1, 0.15) is 37.6 Å². The Balaban J connectivity index is 2.62. The van der Waals surface area contributed by atoms with Gasteiger partial charge in [-0.25, -0.2) is 4.98 Å². The quantitative estimate of drug-likeness (QED) is 0.822. The maximum Gasteiger partial charge on any atom is 0.253 e. The topological polar surface area (TPSA) is 62.2 Å². The first-order valence-electron chi connectivity index (χ1n) is 6.03. The van der Waals surface area contributed by atoms with Crippen molar-refractivity contribution in [3.8, 4) is 0 Å². The highest BCUT2D eigenvalue weighted by Crippen LogP contribution is 2.20. The molecule has 1 rings (SSSR count). The minimum atomic E-state index is -0.937. The van der Waals surface area contributed by atoms with Crippen LogP contribution in [0.5, 0.6) is 0 Å². The number of nitrogens with zero attached hydrogens (tertiary/aromatic N) is 1. The molecule has 0 radical (unpaired) electrons. The molecule has 1 aromatic heterocycles. The largest absolute Gasteiger partial charge is 0.388 e. The van der Waals surface area contributed by atoms with E-state index in [0.717, 1.165) is 0 Å². The summed E-state index contributed by atoms with van der Waals surface area (Å²) in [6.07, 6.45) is 1.95. The van der Waals surface area contributed by atoms with Gasteiger partial charge in [-0.15, -0.1) is 0 Å². The number of nitrogens with one attached hydrogen (secondary N) is 1. The first-order chi connectivity index (χ1) is 8.71. The van der Waals surface area contributed by atoms with Crippen LogP contribution in [0.3, 0.4) is 0 Å². The molecule has 0 aromatic carbocycles. The van der Waals surface area contributed by atoms with Gasteiger partial charge in [0.2, 0.25) is 0 Å². The molecular weight excluding hydrogens is 287 g/mol. The Kier molecular flexibility index (Phi) is 5.59. The first-order valence-corrected chi connectivity index (χ1v) is 6.78.